The normalized spacial score (nSPS) is 11.7. The molecule has 0 unspecified atom stereocenters. The van der Waals surface area contributed by atoms with Crippen molar-refractivity contribution in [2.24, 2.45) is 14.1 Å². The highest BCUT2D eigenvalue weighted by Crippen LogP contribution is 2.31. The number of nitrogens with zero attached hydrogens (tertiary/aromatic N) is 7. The van der Waals surface area contributed by atoms with E-state index >= 15 is 0 Å². The minimum absolute atomic E-state index is 0.120. The van der Waals surface area contributed by atoms with Gasteiger partial charge < -0.3 is 4.90 Å². The van der Waals surface area contributed by atoms with Crippen molar-refractivity contribution in [1.82, 2.24) is 28.9 Å². The Morgan fingerprint density at radius 3 is 2.48 bits per heavy atom. The van der Waals surface area contributed by atoms with Gasteiger partial charge in [0.25, 0.3) is 0 Å². The van der Waals surface area contributed by atoms with Crippen LogP contribution in [0.5, 0.6) is 0 Å². The minimum atomic E-state index is -0.120. The monoisotopic (exact) mass is 441 g/mol. The van der Waals surface area contributed by atoms with Crippen LogP contribution in [-0.2, 0) is 14.1 Å². The third-order valence-corrected chi connectivity index (χ3v) is 6.33. The summed E-state index contributed by atoms with van der Waals surface area (Å²) in [5.41, 5.74) is 6.00. The zero-order valence-electron chi connectivity index (χ0n) is 19.7. The number of imidazole rings is 1. The number of fused-ring (bicyclic) bond motifs is 3. The van der Waals surface area contributed by atoms with Crippen LogP contribution < -0.4 is 10.6 Å². The second kappa shape index (κ2) is 7.58. The molecule has 0 fully saturated rings. The van der Waals surface area contributed by atoms with E-state index in [-0.39, 0.29) is 5.69 Å². The highest BCUT2D eigenvalue weighted by atomic mass is 16.1. The van der Waals surface area contributed by atoms with Gasteiger partial charge in [0.15, 0.2) is 0 Å². The largest absolute Gasteiger partial charge is 0.357 e. The van der Waals surface area contributed by atoms with E-state index in [9.17, 15) is 4.79 Å². The van der Waals surface area contributed by atoms with E-state index in [0.717, 1.165) is 50.3 Å². The zero-order valence-corrected chi connectivity index (χ0v) is 19.7. The average molecular weight is 442 g/mol. The maximum atomic E-state index is 13.3. The smallest absolute Gasteiger partial charge is 0.333 e. The molecule has 0 saturated carbocycles. The number of hydrogen-bond donors (Lipinski definition) is 0. The highest BCUT2D eigenvalue weighted by molar-refractivity contribution is 6.04. The van der Waals surface area contributed by atoms with Crippen molar-refractivity contribution in [1.29, 1.82) is 0 Å². The van der Waals surface area contributed by atoms with E-state index in [4.69, 9.17) is 0 Å². The van der Waals surface area contributed by atoms with Crippen molar-refractivity contribution in [2.75, 3.05) is 11.9 Å². The zero-order chi connectivity index (χ0) is 23.4. The fourth-order valence-electron chi connectivity index (χ4n) is 4.26. The molecular weight excluding hydrogens is 414 g/mol. The molecule has 0 aliphatic carbocycles. The van der Waals surface area contributed by atoms with Gasteiger partial charge in [-0.15, -0.1) is 0 Å². The number of hydrogen-bond acceptors (Lipinski definition) is 5. The standard InChI is InChI=1S/C25H27N7O/c1-15(2)30(5)23-12-18(9-10-26-23)17-7-8-20-19(11-17)24-21(13-27-20)31(6)25(33)32(24)22-14-29(4)28-16(22)3/h7-15H,1-6H3. The summed E-state index contributed by atoms with van der Waals surface area (Å²) in [5, 5.41) is 5.37. The van der Waals surface area contributed by atoms with Gasteiger partial charge in [-0.3, -0.25) is 18.8 Å². The molecule has 8 nitrogen and oxygen atoms in total. The second-order valence-electron chi connectivity index (χ2n) is 8.78. The van der Waals surface area contributed by atoms with Crippen LogP contribution in [0.15, 0.2) is 53.7 Å². The Labute approximate surface area is 191 Å². The molecule has 0 bridgehead atoms. The quantitative estimate of drug-likeness (QED) is 0.424. The summed E-state index contributed by atoms with van der Waals surface area (Å²) in [6, 6.07) is 10.6. The molecule has 0 aliphatic heterocycles. The van der Waals surface area contributed by atoms with Crippen molar-refractivity contribution >= 4 is 27.8 Å². The lowest BCUT2D eigenvalue weighted by Gasteiger charge is -2.23. The molecule has 0 atom stereocenters. The first-order valence-electron chi connectivity index (χ1n) is 11.0. The van der Waals surface area contributed by atoms with Crippen LogP contribution in [0, 0.1) is 6.92 Å². The summed E-state index contributed by atoms with van der Waals surface area (Å²) in [6.45, 7) is 6.20. The third-order valence-electron chi connectivity index (χ3n) is 6.33. The SMILES string of the molecule is Cc1nn(C)cc1-n1c(=O)n(C)c2cnc3ccc(-c4ccnc(N(C)C(C)C)c4)cc3c21. The first-order valence-corrected chi connectivity index (χ1v) is 11.0. The van der Waals surface area contributed by atoms with Gasteiger partial charge in [-0.1, -0.05) is 6.07 Å². The number of anilines is 1. The summed E-state index contributed by atoms with van der Waals surface area (Å²) in [6.07, 6.45) is 5.48. The Bertz CT molecular complexity index is 1570. The van der Waals surface area contributed by atoms with E-state index in [0.29, 0.717) is 6.04 Å². The molecule has 5 rings (SSSR count). The van der Waals surface area contributed by atoms with Gasteiger partial charge in [-0.05, 0) is 56.2 Å². The van der Waals surface area contributed by atoms with Crippen molar-refractivity contribution in [2.45, 2.75) is 26.8 Å². The number of aryl methyl sites for hydroxylation is 3. The van der Waals surface area contributed by atoms with Crippen LogP contribution in [0.4, 0.5) is 5.82 Å². The lowest BCUT2D eigenvalue weighted by Crippen LogP contribution is -2.26. The second-order valence-corrected chi connectivity index (χ2v) is 8.78. The molecule has 168 valence electrons. The van der Waals surface area contributed by atoms with Gasteiger partial charge in [0.2, 0.25) is 0 Å². The molecule has 0 amide bonds. The van der Waals surface area contributed by atoms with Gasteiger partial charge in [-0.25, -0.2) is 9.78 Å². The Morgan fingerprint density at radius 1 is 1.03 bits per heavy atom. The van der Waals surface area contributed by atoms with Crippen LogP contribution in [-0.4, -0.2) is 42.0 Å². The van der Waals surface area contributed by atoms with Crippen molar-refractivity contribution in [3.05, 3.63) is 65.1 Å². The summed E-state index contributed by atoms with van der Waals surface area (Å²) in [4.78, 5) is 24.6. The van der Waals surface area contributed by atoms with E-state index < -0.39 is 0 Å². The maximum Gasteiger partial charge on any atom is 0.333 e. The van der Waals surface area contributed by atoms with Gasteiger partial charge in [0, 0.05) is 45.0 Å². The van der Waals surface area contributed by atoms with E-state index in [1.807, 2.05) is 45.5 Å². The van der Waals surface area contributed by atoms with E-state index in [1.165, 1.54) is 0 Å². The predicted octanol–water partition coefficient (Wildman–Crippen LogP) is 3.83. The highest BCUT2D eigenvalue weighted by Gasteiger charge is 2.19. The van der Waals surface area contributed by atoms with Gasteiger partial charge in [-0.2, -0.15) is 5.10 Å². The Kier molecular flexibility index (Phi) is 4.81. The van der Waals surface area contributed by atoms with E-state index in [1.54, 1.807) is 27.1 Å². The molecule has 4 heterocycles. The van der Waals surface area contributed by atoms with Crippen LogP contribution in [0.3, 0.4) is 0 Å². The Morgan fingerprint density at radius 2 is 1.79 bits per heavy atom. The molecule has 0 radical (unpaired) electrons. The molecule has 8 heteroatoms. The average Bonchev–Trinajstić information content (AvgIpc) is 3.27. The minimum Gasteiger partial charge on any atom is -0.357 e. The number of aromatic nitrogens is 6. The van der Waals surface area contributed by atoms with Crippen molar-refractivity contribution < 1.29 is 0 Å². The number of benzene rings is 1. The lowest BCUT2D eigenvalue weighted by molar-refractivity contribution is 0.743. The molecule has 0 saturated heterocycles. The van der Waals surface area contributed by atoms with E-state index in [2.05, 4.69) is 52.0 Å². The Hall–Kier alpha value is -3.94. The first kappa shape index (κ1) is 20.9. The number of pyridine rings is 2. The Balaban J connectivity index is 1.79. The van der Waals surface area contributed by atoms with Crippen molar-refractivity contribution in [3.8, 4) is 16.8 Å². The molecule has 4 aromatic heterocycles. The topological polar surface area (TPSA) is 73.8 Å². The number of rotatable bonds is 4. The maximum absolute atomic E-state index is 13.3. The van der Waals surface area contributed by atoms with Crippen LogP contribution in [0.1, 0.15) is 19.5 Å². The fraction of sp³-hybridized carbons (Fsp3) is 0.280. The lowest BCUT2D eigenvalue weighted by atomic mass is 10.0. The molecule has 0 N–H and O–H groups in total. The molecular formula is C25H27N7O. The van der Waals surface area contributed by atoms with Gasteiger partial charge in [0.1, 0.15) is 5.82 Å². The van der Waals surface area contributed by atoms with Crippen LogP contribution >= 0.6 is 0 Å². The summed E-state index contributed by atoms with van der Waals surface area (Å²) < 4.78 is 5.12. The molecule has 33 heavy (non-hydrogen) atoms. The molecule has 1 aromatic carbocycles. The van der Waals surface area contributed by atoms with Crippen molar-refractivity contribution in [3.63, 3.8) is 0 Å². The summed E-state index contributed by atoms with van der Waals surface area (Å²) >= 11 is 0. The molecule has 0 aliphatic rings. The van der Waals surface area contributed by atoms with Gasteiger partial charge >= 0.3 is 5.69 Å². The predicted molar refractivity (Wildman–Crippen MR) is 132 cm³/mol. The van der Waals surface area contributed by atoms with Gasteiger partial charge in [0.05, 0.1) is 34.1 Å². The van der Waals surface area contributed by atoms with Crippen LogP contribution in [0.25, 0.3) is 38.8 Å². The van der Waals surface area contributed by atoms with Crippen LogP contribution in [0.2, 0.25) is 0 Å². The summed E-state index contributed by atoms with van der Waals surface area (Å²) in [5.74, 6) is 0.918. The molecule has 0 spiro atoms. The third kappa shape index (κ3) is 3.29. The fourth-order valence-corrected chi connectivity index (χ4v) is 4.26. The summed E-state index contributed by atoms with van der Waals surface area (Å²) in [7, 11) is 5.68. The molecule has 5 aromatic rings. The first-order chi connectivity index (χ1) is 15.8.